The minimum absolute atomic E-state index is 0.657. The van der Waals surface area contributed by atoms with Gasteiger partial charge in [-0.2, -0.15) is 0 Å². The van der Waals surface area contributed by atoms with Gasteiger partial charge in [-0.25, -0.2) is 0 Å². The lowest BCUT2D eigenvalue weighted by Gasteiger charge is -2.11. The minimum Gasteiger partial charge on any atom is -0.392 e. The summed E-state index contributed by atoms with van der Waals surface area (Å²) in [7, 11) is -0.657. The molecule has 0 spiro atoms. The van der Waals surface area contributed by atoms with Crippen molar-refractivity contribution in [3.05, 3.63) is 0 Å². The molecule has 0 fully saturated rings. The Kier molecular flexibility index (Phi) is 3.09. The summed E-state index contributed by atoms with van der Waals surface area (Å²) in [5, 5.41) is 23.1. The van der Waals surface area contributed by atoms with Gasteiger partial charge in [0, 0.05) is 0 Å². The minimum atomic E-state index is -1.85. The molecule has 0 unspecified atom stereocenters. The Morgan fingerprint density at radius 3 is 1.75 bits per heavy atom. The number of rotatable bonds is 3. The highest BCUT2D eigenvalue weighted by atomic mass is 31.1. The molecular formula is C3H7O4P. The first-order valence-electron chi connectivity index (χ1n) is 1.97. The van der Waals surface area contributed by atoms with E-state index < -0.39 is 27.0 Å². The SMILES string of the molecule is O=PC(O)(CO)CO. The van der Waals surface area contributed by atoms with Gasteiger partial charge in [-0.3, -0.25) is 4.57 Å². The van der Waals surface area contributed by atoms with Crippen LogP contribution in [0.25, 0.3) is 0 Å². The van der Waals surface area contributed by atoms with Crippen LogP contribution in [0.2, 0.25) is 0 Å². The molecule has 0 aliphatic carbocycles. The fourth-order valence-electron chi connectivity index (χ4n) is 0.108. The topological polar surface area (TPSA) is 77.8 Å². The molecule has 4 nitrogen and oxygen atoms in total. The predicted octanol–water partition coefficient (Wildman–Crippen LogP) is -1.05. The monoisotopic (exact) mass is 138 g/mol. The van der Waals surface area contributed by atoms with Gasteiger partial charge < -0.3 is 15.3 Å². The highest BCUT2D eigenvalue weighted by Crippen LogP contribution is 2.16. The Morgan fingerprint density at radius 2 is 1.75 bits per heavy atom. The number of hydrogen-bond acceptors (Lipinski definition) is 4. The largest absolute Gasteiger partial charge is 0.392 e. The van der Waals surface area contributed by atoms with Gasteiger partial charge in [-0.05, 0) is 0 Å². The normalized spacial score (nSPS) is 12.4. The third-order valence-corrected chi connectivity index (χ3v) is 1.30. The second-order valence-electron chi connectivity index (χ2n) is 1.39. The molecule has 3 N–H and O–H groups in total. The first kappa shape index (κ1) is 7.98. The van der Waals surface area contributed by atoms with E-state index in [1.54, 1.807) is 0 Å². The van der Waals surface area contributed by atoms with Crippen molar-refractivity contribution in [1.82, 2.24) is 0 Å². The van der Waals surface area contributed by atoms with Crippen molar-refractivity contribution in [2.24, 2.45) is 0 Å². The van der Waals surface area contributed by atoms with E-state index in [1.165, 1.54) is 0 Å². The van der Waals surface area contributed by atoms with Crippen LogP contribution in [-0.4, -0.2) is 33.9 Å². The molecule has 0 heterocycles. The van der Waals surface area contributed by atoms with E-state index in [4.69, 9.17) is 15.3 Å². The Hall–Kier alpha value is -0.0200. The summed E-state index contributed by atoms with van der Waals surface area (Å²) in [4.78, 5) is 0. The summed E-state index contributed by atoms with van der Waals surface area (Å²) in [6.45, 7) is -1.40. The summed E-state index contributed by atoms with van der Waals surface area (Å²) in [6.07, 6.45) is 0. The number of hydrogen-bond donors (Lipinski definition) is 3. The average Bonchev–Trinajstić information content (AvgIpc) is 1.87. The Morgan fingerprint density at radius 1 is 1.38 bits per heavy atom. The predicted molar refractivity (Wildman–Crippen MR) is 26.7 cm³/mol. The van der Waals surface area contributed by atoms with E-state index in [9.17, 15) is 4.57 Å². The van der Waals surface area contributed by atoms with Gasteiger partial charge in [0.15, 0.2) is 13.8 Å². The summed E-state index contributed by atoms with van der Waals surface area (Å²) >= 11 is 0. The van der Waals surface area contributed by atoms with Crippen molar-refractivity contribution in [3.8, 4) is 0 Å². The molecule has 0 amide bonds. The third kappa shape index (κ3) is 1.84. The molecule has 48 valence electrons. The molecular weight excluding hydrogens is 131 g/mol. The van der Waals surface area contributed by atoms with Gasteiger partial charge in [-0.1, -0.05) is 0 Å². The molecule has 0 aliphatic rings. The van der Waals surface area contributed by atoms with Gasteiger partial charge in [0.25, 0.3) is 0 Å². The molecule has 0 aromatic heterocycles. The second kappa shape index (κ2) is 3.10. The van der Waals surface area contributed by atoms with E-state index in [2.05, 4.69) is 0 Å². The maximum Gasteiger partial charge on any atom is 0.195 e. The molecule has 0 aliphatic heterocycles. The van der Waals surface area contributed by atoms with Gasteiger partial charge >= 0.3 is 0 Å². The first-order chi connectivity index (χ1) is 3.68. The average molecular weight is 138 g/mol. The van der Waals surface area contributed by atoms with Crippen LogP contribution >= 0.6 is 8.46 Å². The van der Waals surface area contributed by atoms with Crippen LogP contribution in [-0.2, 0) is 4.57 Å². The highest BCUT2D eigenvalue weighted by molar-refractivity contribution is 7.25. The van der Waals surface area contributed by atoms with Gasteiger partial charge in [0.1, 0.15) is 0 Å². The molecule has 0 aromatic rings. The third-order valence-electron chi connectivity index (χ3n) is 0.676. The fourth-order valence-corrected chi connectivity index (χ4v) is 0.223. The van der Waals surface area contributed by atoms with Crippen molar-refractivity contribution in [2.75, 3.05) is 13.2 Å². The van der Waals surface area contributed by atoms with E-state index in [-0.39, 0.29) is 0 Å². The van der Waals surface area contributed by atoms with Crippen molar-refractivity contribution >= 4 is 8.46 Å². The van der Waals surface area contributed by atoms with E-state index >= 15 is 0 Å². The van der Waals surface area contributed by atoms with Crippen LogP contribution in [0.1, 0.15) is 0 Å². The quantitative estimate of drug-likeness (QED) is 0.435. The summed E-state index contributed by atoms with van der Waals surface area (Å²) in [5.74, 6) is 0. The Bertz CT molecular complexity index is 79.4. The van der Waals surface area contributed by atoms with E-state index in [0.29, 0.717) is 0 Å². The smallest absolute Gasteiger partial charge is 0.195 e. The maximum atomic E-state index is 9.82. The van der Waals surface area contributed by atoms with Crippen molar-refractivity contribution in [2.45, 2.75) is 5.34 Å². The highest BCUT2D eigenvalue weighted by Gasteiger charge is 2.24. The molecule has 8 heavy (non-hydrogen) atoms. The maximum absolute atomic E-state index is 9.82. The Balaban J connectivity index is 3.76. The molecule has 0 bridgehead atoms. The van der Waals surface area contributed by atoms with Crippen LogP contribution < -0.4 is 0 Å². The van der Waals surface area contributed by atoms with Crippen LogP contribution in [0.3, 0.4) is 0 Å². The second-order valence-corrected chi connectivity index (χ2v) is 2.41. The molecule has 0 saturated heterocycles. The fraction of sp³-hybridized carbons (Fsp3) is 1.00. The van der Waals surface area contributed by atoms with Gasteiger partial charge in [0.05, 0.1) is 13.2 Å². The summed E-state index contributed by atoms with van der Waals surface area (Å²) in [6, 6.07) is 0. The number of aliphatic hydroxyl groups is 3. The lowest BCUT2D eigenvalue weighted by atomic mass is 10.4. The van der Waals surface area contributed by atoms with Crippen LogP contribution in [0, 0.1) is 0 Å². The summed E-state index contributed by atoms with van der Waals surface area (Å²) in [5.41, 5.74) is 0. The zero-order valence-corrected chi connectivity index (χ0v) is 5.01. The molecule has 0 radical (unpaired) electrons. The standard InChI is InChI=1S/C3H7O4P/c4-1-3(6,2-5)8-7/h4-6H,1-2H2. The van der Waals surface area contributed by atoms with Crippen molar-refractivity contribution in [3.63, 3.8) is 0 Å². The lowest BCUT2D eigenvalue weighted by molar-refractivity contribution is 0.0126. The van der Waals surface area contributed by atoms with E-state index in [1.807, 2.05) is 0 Å². The summed E-state index contributed by atoms with van der Waals surface area (Å²) < 4.78 is 9.82. The first-order valence-corrected chi connectivity index (χ1v) is 2.78. The lowest BCUT2D eigenvalue weighted by Crippen LogP contribution is -2.30. The van der Waals surface area contributed by atoms with Gasteiger partial charge in [0.2, 0.25) is 0 Å². The zero-order chi connectivity index (χ0) is 6.62. The Labute approximate surface area is 48.0 Å². The van der Waals surface area contributed by atoms with Gasteiger partial charge in [-0.15, -0.1) is 0 Å². The van der Waals surface area contributed by atoms with Crippen LogP contribution in [0.5, 0.6) is 0 Å². The van der Waals surface area contributed by atoms with E-state index in [0.717, 1.165) is 0 Å². The van der Waals surface area contributed by atoms with Crippen molar-refractivity contribution < 1.29 is 19.9 Å². The molecule has 5 heteroatoms. The molecule has 0 atom stereocenters. The molecule has 0 saturated carbocycles. The van der Waals surface area contributed by atoms with Crippen LogP contribution in [0.15, 0.2) is 0 Å². The zero-order valence-electron chi connectivity index (χ0n) is 4.11. The van der Waals surface area contributed by atoms with Crippen molar-refractivity contribution in [1.29, 1.82) is 0 Å². The number of aliphatic hydroxyl groups excluding tert-OH is 2. The molecule has 0 rings (SSSR count). The molecule has 0 aromatic carbocycles. The van der Waals surface area contributed by atoms with Crippen LogP contribution in [0.4, 0.5) is 0 Å².